The third-order valence-electron chi connectivity index (χ3n) is 6.57. The van der Waals surface area contributed by atoms with Gasteiger partial charge in [-0.15, -0.1) is 0 Å². The Hall–Kier alpha value is -3.37. The summed E-state index contributed by atoms with van der Waals surface area (Å²) in [5, 5.41) is 17.8. The lowest BCUT2D eigenvalue weighted by Crippen LogP contribution is -2.44. The number of aromatic nitrogens is 3. The molecule has 33 heavy (non-hydrogen) atoms. The molecule has 1 aromatic carbocycles. The van der Waals surface area contributed by atoms with Gasteiger partial charge in [-0.05, 0) is 74.9 Å². The molecule has 1 fully saturated rings. The summed E-state index contributed by atoms with van der Waals surface area (Å²) in [5.74, 6) is 6.24. The molecule has 0 saturated carbocycles. The van der Waals surface area contributed by atoms with Crippen molar-refractivity contribution in [2.45, 2.75) is 32.6 Å². The summed E-state index contributed by atoms with van der Waals surface area (Å²) in [5.41, 5.74) is 3.95. The Kier molecular flexibility index (Phi) is 7.26. The topological polar surface area (TPSA) is 91.3 Å². The molecule has 7 heteroatoms. The maximum atomic E-state index is 12.0. The molecule has 7 nitrogen and oxygen atoms in total. The number of ether oxygens (including phenoxy) is 1. The van der Waals surface area contributed by atoms with Crippen LogP contribution >= 0.6 is 0 Å². The van der Waals surface area contributed by atoms with E-state index in [1.807, 2.05) is 31.3 Å². The lowest BCUT2D eigenvalue weighted by Gasteiger charge is -2.35. The van der Waals surface area contributed by atoms with Crippen molar-refractivity contribution >= 4 is 16.9 Å². The van der Waals surface area contributed by atoms with Crippen molar-refractivity contribution < 1.29 is 14.6 Å². The number of nitrogens with one attached hydrogen (secondary N) is 1. The number of carbonyl (C=O) groups is 1. The fourth-order valence-corrected chi connectivity index (χ4v) is 4.65. The van der Waals surface area contributed by atoms with Crippen molar-refractivity contribution in [3.8, 4) is 17.6 Å². The van der Waals surface area contributed by atoms with Gasteiger partial charge in [-0.1, -0.05) is 11.8 Å². The number of hydrogen-bond donors (Lipinski definition) is 2. The number of hydrogen-bond acceptors (Lipinski definition) is 5. The zero-order valence-electron chi connectivity index (χ0n) is 19.2. The zero-order valence-corrected chi connectivity index (χ0v) is 19.2. The molecule has 2 aromatic heterocycles. The van der Waals surface area contributed by atoms with Gasteiger partial charge in [0.2, 0.25) is 0 Å². The van der Waals surface area contributed by atoms with E-state index < -0.39 is 5.97 Å². The van der Waals surface area contributed by atoms with Crippen LogP contribution in [0, 0.1) is 30.6 Å². The van der Waals surface area contributed by atoms with Crippen molar-refractivity contribution in [3.63, 3.8) is 0 Å². The molecule has 0 bridgehead atoms. The van der Waals surface area contributed by atoms with Gasteiger partial charge in [0.25, 0.3) is 0 Å². The molecule has 4 rings (SSSR count). The SMILES string of the molecule is COc1ccc2nccc(CCC[C@@H]3CCN(CC#Cc4c[nH]nc4C)C[C@@H]3C(=O)O)c2c1. The zero-order chi connectivity index (χ0) is 23.2. The number of piperidine rings is 1. The Morgan fingerprint density at radius 3 is 3.00 bits per heavy atom. The van der Waals surface area contributed by atoms with Crippen molar-refractivity contribution in [2.75, 3.05) is 26.7 Å². The molecule has 0 spiro atoms. The molecule has 0 aliphatic carbocycles. The number of aromatic amines is 1. The van der Waals surface area contributed by atoms with Crippen LogP contribution in [0.1, 0.15) is 36.1 Å². The van der Waals surface area contributed by atoms with Gasteiger partial charge in [0, 0.05) is 24.3 Å². The van der Waals surface area contributed by atoms with Crippen LogP contribution in [0.2, 0.25) is 0 Å². The molecular weight excluding hydrogens is 416 g/mol. The third-order valence-corrected chi connectivity index (χ3v) is 6.57. The number of methoxy groups -OCH3 is 1. The van der Waals surface area contributed by atoms with Crippen LogP contribution in [-0.2, 0) is 11.2 Å². The molecule has 0 amide bonds. The summed E-state index contributed by atoms with van der Waals surface area (Å²) in [6.07, 6.45) is 7.26. The van der Waals surface area contributed by atoms with Gasteiger partial charge in [-0.2, -0.15) is 5.10 Å². The van der Waals surface area contributed by atoms with E-state index in [0.717, 1.165) is 60.1 Å². The summed E-state index contributed by atoms with van der Waals surface area (Å²) in [4.78, 5) is 18.6. The van der Waals surface area contributed by atoms with Crippen molar-refractivity contribution in [3.05, 3.63) is 53.5 Å². The van der Waals surface area contributed by atoms with E-state index in [0.29, 0.717) is 13.1 Å². The second kappa shape index (κ2) is 10.5. The van der Waals surface area contributed by atoms with Crippen LogP contribution in [0.3, 0.4) is 0 Å². The minimum Gasteiger partial charge on any atom is -0.497 e. The van der Waals surface area contributed by atoms with Gasteiger partial charge in [0.1, 0.15) is 5.75 Å². The molecule has 0 radical (unpaired) electrons. The Morgan fingerprint density at radius 1 is 1.36 bits per heavy atom. The van der Waals surface area contributed by atoms with Gasteiger partial charge in [-0.25, -0.2) is 0 Å². The number of carboxylic acid groups (broad SMARTS) is 1. The molecule has 3 heterocycles. The first kappa shape index (κ1) is 22.8. The van der Waals surface area contributed by atoms with E-state index >= 15 is 0 Å². The summed E-state index contributed by atoms with van der Waals surface area (Å²) in [7, 11) is 1.67. The average molecular weight is 447 g/mol. The molecule has 2 N–H and O–H groups in total. The van der Waals surface area contributed by atoms with Crippen molar-refractivity contribution in [1.82, 2.24) is 20.1 Å². The second-order valence-electron chi connectivity index (χ2n) is 8.66. The van der Waals surface area contributed by atoms with Crippen molar-refractivity contribution in [1.29, 1.82) is 0 Å². The van der Waals surface area contributed by atoms with Crippen LogP contribution in [0.4, 0.5) is 0 Å². The minimum absolute atomic E-state index is 0.186. The molecule has 172 valence electrons. The van der Waals surface area contributed by atoms with E-state index in [1.54, 1.807) is 13.3 Å². The van der Waals surface area contributed by atoms with Gasteiger partial charge >= 0.3 is 5.97 Å². The predicted octanol–water partition coefficient (Wildman–Crippen LogP) is 3.67. The van der Waals surface area contributed by atoms with E-state index in [1.165, 1.54) is 5.56 Å². The number of aliphatic carboxylic acids is 1. The number of H-pyrrole nitrogens is 1. The Morgan fingerprint density at radius 2 is 2.24 bits per heavy atom. The molecule has 1 aliphatic heterocycles. The predicted molar refractivity (Wildman–Crippen MR) is 127 cm³/mol. The second-order valence-corrected chi connectivity index (χ2v) is 8.66. The van der Waals surface area contributed by atoms with Gasteiger partial charge in [-0.3, -0.25) is 19.8 Å². The number of rotatable bonds is 7. The number of aryl methyl sites for hydroxylation is 2. The van der Waals surface area contributed by atoms with E-state index in [2.05, 4.69) is 38.0 Å². The fraction of sp³-hybridized carbons (Fsp3) is 0.423. The number of nitrogens with zero attached hydrogens (tertiary/aromatic N) is 3. The average Bonchev–Trinajstić information content (AvgIpc) is 3.24. The summed E-state index contributed by atoms with van der Waals surface area (Å²) in [6.45, 7) is 3.92. The first-order chi connectivity index (χ1) is 16.0. The lowest BCUT2D eigenvalue weighted by molar-refractivity contribution is -0.146. The van der Waals surface area contributed by atoms with E-state index in [9.17, 15) is 9.90 Å². The number of carboxylic acids is 1. The van der Waals surface area contributed by atoms with E-state index in [4.69, 9.17) is 4.74 Å². The fourth-order valence-electron chi connectivity index (χ4n) is 4.65. The number of fused-ring (bicyclic) bond motifs is 1. The van der Waals surface area contributed by atoms with Crippen LogP contribution in [0.5, 0.6) is 5.75 Å². The lowest BCUT2D eigenvalue weighted by atomic mass is 9.81. The first-order valence-electron chi connectivity index (χ1n) is 11.4. The van der Waals surface area contributed by atoms with Gasteiger partial charge < -0.3 is 9.84 Å². The summed E-state index contributed by atoms with van der Waals surface area (Å²) >= 11 is 0. The highest BCUT2D eigenvalue weighted by molar-refractivity contribution is 5.83. The van der Waals surface area contributed by atoms with Crippen LogP contribution in [0.25, 0.3) is 10.9 Å². The Bertz CT molecular complexity index is 1180. The quantitative estimate of drug-likeness (QED) is 0.538. The highest BCUT2D eigenvalue weighted by Crippen LogP contribution is 2.30. The number of likely N-dealkylation sites (tertiary alicyclic amines) is 1. The van der Waals surface area contributed by atoms with Crippen LogP contribution in [-0.4, -0.2) is 57.9 Å². The van der Waals surface area contributed by atoms with E-state index in [-0.39, 0.29) is 11.8 Å². The summed E-state index contributed by atoms with van der Waals surface area (Å²) < 4.78 is 5.37. The maximum absolute atomic E-state index is 12.0. The molecule has 1 saturated heterocycles. The highest BCUT2D eigenvalue weighted by Gasteiger charge is 2.33. The van der Waals surface area contributed by atoms with Gasteiger partial charge in [0.15, 0.2) is 0 Å². The maximum Gasteiger partial charge on any atom is 0.308 e. The summed E-state index contributed by atoms with van der Waals surface area (Å²) in [6, 6.07) is 7.98. The van der Waals surface area contributed by atoms with Crippen molar-refractivity contribution in [2.24, 2.45) is 11.8 Å². The van der Waals surface area contributed by atoms with Crippen LogP contribution < -0.4 is 4.74 Å². The molecule has 1 aliphatic rings. The Balaban J connectivity index is 1.34. The number of benzene rings is 1. The standard InChI is InChI=1S/C26H30N4O3/c1-18-21(16-28-29-18)7-4-13-30-14-11-20(24(17-30)26(31)32)6-3-5-19-10-12-27-25-9-8-22(33-2)15-23(19)25/h8-10,12,15-16,20,24H,3,5-6,11,13-14,17H2,1-2H3,(H,28,29)(H,31,32)/t20-,24+/m1/s1. The molecule has 0 unspecified atom stereocenters. The normalized spacial score (nSPS) is 18.6. The first-order valence-corrected chi connectivity index (χ1v) is 11.4. The van der Waals surface area contributed by atoms with Crippen LogP contribution in [0.15, 0.2) is 36.7 Å². The number of pyridine rings is 1. The highest BCUT2D eigenvalue weighted by atomic mass is 16.5. The molecule has 3 aromatic rings. The van der Waals surface area contributed by atoms with Gasteiger partial charge in [0.05, 0.1) is 36.3 Å². The smallest absolute Gasteiger partial charge is 0.308 e. The molecular formula is C26H30N4O3. The monoisotopic (exact) mass is 446 g/mol. The Labute approximate surface area is 194 Å². The molecule has 2 atom stereocenters. The minimum atomic E-state index is -0.706. The third kappa shape index (κ3) is 5.52. The largest absolute Gasteiger partial charge is 0.497 e.